The lowest BCUT2D eigenvalue weighted by Crippen LogP contribution is -2.07. The standard InChI is InChI=1S/C20H25N5O3S/c1-10-12(5-6-14-17(10)19(21)25-20(22)24-14)9-23-13-7-15(26-3)18(27-4)16(8-13)28-11(2)29/h5-8,11,23,29H,9H2,1-4H3,(H4,21,22,24,25). The largest absolute Gasteiger partial charge is 0.493 e. The Morgan fingerprint density at radius 2 is 1.83 bits per heavy atom. The van der Waals surface area contributed by atoms with Crippen molar-refractivity contribution in [3.8, 4) is 17.2 Å². The highest BCUT2D eigenvalue weighted by Gasteiger charge is 2.16. The van der Waals surface area contributed by atoms with Gasteiger partial charge in [-0.15, -0.1) is 12.6 Å². The third-order valence-electron chi connectivity index (χ3n) is 4.51. The lowest BCUT2D eigenvalue weighted by atomic mass is 10.0. The first-order chi connectivity index (χ1) is 13.8. The highest BCUT2D eigenvalue weighted by atomic mass is 32.1. The van der Waals surface area contributed by atoms with E-state index in [1.165, 1.54) is 0 Å². The van der Waals surface area contributed by atoms with Gasteiger partial charge in [-0.3, -0.25) is 0 Å². The Hall–Kier alpha value is -3.07. The highest BCUT2D eigenvalue weighted by molar-refractivity contribution is 7.80. The Balaban J connectivity index is 1.92. The van der Waals surface area contributed by atoms with Gasteiger partial charge in [-0.25, -0.2) is 4.98 Å². The van der Waals surface area contributed by atoms with Gasteiger partial charge in [-0.2, -0.15) is 4.98 Å². The van der Waals surface area contributed by atoms with Gasteiger partial charge in [0.2, 0.25) is 11.7 Å². The van der Waals surface area contributed by atoms with Gasteiger partial charge < -0.3 is 31.0 Å². The average Bonchev–Trinajstić information content (AvgIpc) is 2.66. The topological polar surface area (TPSA) is 118 Å². The molecule has 1 atom stereocenters. The first kappa shape index (κ1) is 20.7. The number of nitrogens with zero attached hydrogens (tertiary/aromatic N) is 2. The fourth-order valence-corrected chi connectivity index (χ4v) is 3.29. The molecule has 2 aromatic carbocycles. The molecule has 1 aromatic heterocycles. The molecule has 9 heteroatoms. The lowest BCUT2D eigenvalue weighted by molar-refractivity contribution is 0.278. The minimum Gasteiger partial charge on any atom is -0.493 e. The summed E-state index contributed by atoms with van der Waals surface area (Å²) in [6.07, 6.45) is 0. The quantitative estimate of drug-likeness (QED) is 0.343. The SMILES string of the molecule is COc1cc(NCc2ccc3nc(N)nc(N)c3c2C)cc(OC(C)S)c1OC. The molecule has 3 aromatic rings. The van der Waals surface area contributed by atoms with Crippen molar-refractivity contribution in [3.05, 3.63) is 35.4 Å². The summed E-state index contributed by atoms with van der Waals surface area (Å²) in [6, 6.07) is 7.58. The van der Waals surface area contributed by atoms with Crippen LogP contribution in [0.4, 0.5) is 17.5 Å². The van der Waals surface area contributed by atoms with Crippen LogP contribution in [0.2, 0.25) is 0 Å². The first-order valence-electron chi connectivity index (χ1n) is 8.99. The molecule has 0 aliphatic carbocycles. The number of hydrogen-bond acceptors (Lipinski definition) is 9. The smallest absolute Gasteiger partial charge is 0.222 e. The highest BCUT2D eigenvalue weighted by Crippen LogP contribution is 2.41. The van der Waals surface area contributed by atoms with Crippen LogP contribution >= 0.6 is 12.6 Å². The summed E-state index contributed by atoms with van der Waals surface area (Å²) in [5.41, 5.74) is 15.0. The second-order valence-electron chi connectivity index (χ2n) is 6.49. The summed E-state index contributed by atoms with van der Waals surface area (Å²) >= 11 is 4.30. The maximum Gasteiger partial charge on any atom is 0.222 e. The van der Waals surface area contributed by atoms with Crippen molar-refractivity contribution in [2.45, 2.75) is 25.8 Å². The Morgan fingerprint density at radius 3 is 2.48 bits per heavy atom. The molecular weight excluding hydrogens is 390 g/mol. The Morgan fingerprint density at radius 1 is 1.10 bits per heavy atom. The molecule has 0 bridgehead atoms. The molecule has 0 aliphatic heterocycles. The van der Waals surface area contributed by atoms with Crippen LogP contribution in [0.5, 0.6) is 17.2 Å². The molecule has 0 spiro atoms. The van der Waals surface area contributed by atoms with Crippen LogP contribution < -0.4 is 31.0 Å². The Labute approximate surface area is 175 Å². The van der Waals surface area contributed by atoms with E-state index in [4.69, 9.17) is 25.7 Å². The number of aromatic nitrogens is 2. The predicted octanol–water partition coefficient (Wildman–Crippen LogP) is 3.39. The molecule has 0 aliphatic rings. The molecule has 0 radical (unpaired) electrons. The van der Waals surface area contributed by atoms with Crippen LogP contribution in [0.3, 0.4) is 0 Å². The molecule has 1 heterocycles. The Kier molecular flexibility index (Phi) is 6.07. The summed E-state index contributed by atoms with van der Waals surface area (Å²) in [6.45, 7) is 4.37. The predicted molar refractivity (Wildman–Crippen MR) is 119 cm³/mol. The number of methoxy groups -OCH3 is 2. The maximum atomic E-state index is 6.06. The number of nitrogen functional groups attached to an aromatic ring is 2. The molecular formula is C20H25N5O3S. The van der Waals surface area contributed by atoms with Crippen LogP contribution in [-0.4, -0.2) is 29.6 Å². The van der Waals surface area contributed by atoms with Crippen molar-refractivity contribution < 1.29 is 14.2 Å². The van der Waals surface area contributed by atoms with Gasteiger partial charge in [0.15, 0.2) is 11.5 Å². The molecule has 8 nitrogen and oxygen atoms in total. The summed E-state index contributed by atoms with van der Waals surface area (Å²) in [5.74, 6) is 2.15. The first-order valence-corrected chi connectivity index (χ1v) is 9.51. The van der Waals surface area contributed by atoms with Gasteiger partial charge in [-0.05, 0) is 31.0 Å². The third kappa shape index (κ3) is 4.34. The van der Waals surface area contributed by atoms with Gasteiger partial charge in [0.05, 0.1) is 19.7 Å². The molecule has 3 rings (SSSR count). The molecule has 0 saturated carbocycles. The minimum absolute atomic E-state index is 0.163. The number of ether oxygens (including phenoxy) is 3. The van der Waals surface area contributed by atoms with E-state index in [1.807, 2.05) is 38.1 Å². The van der Waals surface area contributed by atoms with Crippen LogP contribution in [0.15, 0.2) is 24.3 Å². The van der Waals surface area contributed by atoms with E-state index in [0.717, 1.165) is 27.7 Å². The van der Waals surface area contributed by atoms with E-state index in [1.54, 1.807) is 14.2 Å². The summed E-state index contributed by atoms with van der Waals surface area (Å²) in [4.78, 5) is 8.32. The fraction of sp³-hybridized carbons (Fsp3) is 0.300. The molecule has 0 amide bonds. The zero-order valence-corrected chi connectivity index (χ0v) is 17.7. The number of nitrogens with two attached hydrogens (primary N) is 2. The van der Waals surface area contributed by atoms with Crippen molar-refractivity contribution in [1.29, 1.82) is 0 Å². The van der Waals surface area contributed by atoms with E-state index in [0.29, 0.717) is 29.6 Å². The van der Waals surface area contributed by atoms with Crippen LogP contribution in [0.25, 0.3) is 10.9 Å². The number of fused-ring (bicyclic) bond motifs is 1. The maximum absolute atomic E-state index is 6.06. The number of anilines is 3. The van der Waals surface area contributed by atoms with Gasteiger partial charge >= 0.3 is 0 Å². The van der Waals surface area contributed by atoms with Gasteiger partial charge in [0.1, 0.15) is 11.3 Å². The van der Waals surface area contributed by atoms with Crippen molar-refractivity contribution in [1.82, 2.24) is 9.97 Å². The fourth-order valence-electron chi connectivity index (χ4n) is 3.18. The molecule has 0 fully saturated rings. The lowest BCUT2D eigenvalue weighted by Gasteiger charge is -2.18. The Bertz CT molecular complexity index is 1040. The van der Waals surface area contributed by atoms with Crippen LogP contribution in [0.1, 0.15) is 18.1 Å². The van der Waals surface area contributed by atoms with Crippen LogP contribution in [0, 0.1) is 6.92 Å². The van der Waals surface area contributed by atoms with Crippen LogP contribution in [-0.2, 0) is 6.54 Å². The van der Waals surface area contributed by atoms with Crippen molar-refractivity contribution >= 4 is 41.0 Å². The van der Waals surface area contributed by atoms with Gasteiger partial charge in [0, 0.05) is 29.8 Å². The number of thiol groups is 1. The van der Waals surface area contributed by atoms with Gasteiger partial charge in [-0.1, -0.05) is 6.07 Å². The molecule has 29 heavy (non-hydrogen) atoms. The number of benzene rings is 2. The van der Waals surface area contributed by atoms with E-state index >= 15 is 0 Å². The average molecular weight is 416 g/mol. The van der Waals surface area contributed by atoms with E-state index in [-0.39, 0.29) is 11.4 Å². The number of aryl methyl sites for hydroxylation is 1. The summed E-state index contributed by atoms with van der Waals surface area (Å²) in [7, 11) is 3.15. The normalized spacial score (nSPS) is 11.9. The number of hydrogen-bond donors (Lipinski definition) is 4. The van der Waals surface area contributed by atoms with E-state index < -0.39 is 0 Å². The number of rotatable bonds is 7. The third-order valence-corrected chi connectivity index (χ3v) is 4.61. The van der Waals surface area contributed by atoms with E-state index in [9.17, 15) is 0 Å². The minimum atomic E-state index is -0.304. The zero-order chi connectivity index (χ0) is 21.1. The molecule has 0 saturated heterocycles. The summed E-state index contributed by atoms with van der Waals surface area (Å²) < 4.78 is 16.6. The van der Waals surface area contributed by atoms with Crippen molar-refractivity contribution in [3.63, 3.8) is 0 Å². The second-order valence-corrected chi connectivity index (χ2v) is 7.22. The zero-order valence-electron chi connectivity index (χ0n) is 16.8. The van der Waals surface area contributed by atoms with E-state index in [2.05, 4.69) is 27.9 Å². The van der Waals surface area contributed by atoms with Crippen molar-refractivity contribution in [2.24, 2.45) is 0 Å². The van der Waals surface area contributed by atoms with Gasteiger partial charge in [0.25, 0.3) is 0 Å². The molecule has 1 unspecified atom stereocenters. The molecule has 154 valence electrons. The molecule has 5 N–H and O–H groups in total. The monoisotopic (exact) mass is 415 g/mol. The number of nitrogens with one attached hydrogen (secondary N) is 1. The second kappa shape index (κ2) is 8.52. The summed E-state index contributed by atoms with van der Waals surface area (Å²) in [5, 5.41) is 4.19. The van der Waals surface area contributed by atoms with Crippen molar-refractivity contribution in [2.75, 3.05) is 31.0 Å².